The van der Waals surface area contributed by atoms with E-state index >= 15 is 0 Å². The minimum atomic E-state index is -4.23. The third kappa shape index (κ3) is 13.6. The number of carbonyl (C=O) groups is 1. The standard InChI is InChI=1S/C14H30NO7P/c1-5-6-7-8-14(17)22-13(11-16)12-21-23(18,19)20-10-9-15(2,3)4/h13,16H,5-12H2,1-4H3/p+1. The molecule has 0 aromatic heterocycles. The van der Waals surface area contributed by atoms with Crippen LogP contribution < -0.4 is 0 Å². The van der Waals surface area contributed by atoms with E-state index in [1.165, 1.54) is 0 Å². The van der Waals surface area contributed by atoms with Gasteiger partial charge in [-0.1, -0.05) is 19.8 Å². The average molecular weight is 356 g/mol. The van der Waals surface area contributed by atoms with Crippen LogP contribution in [-0.4, -0.2) is 74.1 Å². The van der Waals surface area contributed by atoms with Gasteiger partial charge in [0.15, 0.2) is 0 Å². The highest BCUT2D eigenvalue weighted by molar-refractivity contribution is 7.47. The first-order chi connectivity index (χ1) is 10.6. The fraction of sp³-hybridized carbons (Fsp3) is 0.929. The molecule has 0 aromatic rings. The molecule has 0 aliphatic rings. The zero-order valence-electron chi connectivity index (χ0n) is 14.6. The van der Waals surface area contributed by atoms with Gasteiger partial charge >= 0.3 is 13.8 Å². The predicted octanol–water partition coefficient (Wildman–Crippen LogP) is 1.31. The van der Waals surface area contributed by atoms with E-state index in [4.69, 9.17) is 18.9 Å². The van der Waals surface area contributed by atoms with Crippen LogP contribution in [0.5, 0.6) is 0 Å². The lowest BCUT2D eigenvalue weighted by Gasteiger charge is -2.24. The molecule has 9 heteroatoms. The summed E-state index contributed by atoms with van der Waals surface area (Å²) in [7, 11) is 1.54. The van der Waals surface area contributed by atoms with E-state index in [9.17, 15) is 14.3 Å². The summed E-state index contributed by atoms with van der Waals surface area (Å²) in [5, 5.41) is 9.15. The molecule has 23 heavy (non-hydrogen) atoms. The van der Waals surface area contributed by atoms with Gasteiger partial charge in [0.2, 0.25) is 0 Å². The lowest BCUT2D eigenvalue weighted by Crippen LogP contribution is -2.37. The molecule has 0 saturated carbocycles. The second-order valence-corrected chi connectivity index (χ2v) is 7.82. The number of phosphoric acid groups is 1. The Kier molecular flexibility index (Phi) is 10.9. The van der Waals surface area contributed by atoms with E-state index in [0.29, 0.717) is 17.4 Å². The largest absolute Gasteiger partial charge is 0.472 e. The highest BCUT2D eigenvalue weighted by Crippen LogP contribution is 2.43. The average Bonchev–Trinajstić information content (AvgIpc) is 2.42. The number of carbonyl (C=O) groups excluding carboxylic acids is 1. The SMILES string of the molecule is CCCCCC(=O)OC(CO)COP(=O)(O)OCC[N+](C)(C)C. The summed E-state index contributed by atoms with van der Waals surface area (Å²) in [5.41, 5.74) is 0. The van der Waals surface area contributed by atoms with Crippen molar-refractivity contribution in [2.24, 2.45) is 0 Å². The van der Waals surface area contributed by atoms with Gasteiger partial charge in [-0.05, 0) is 6.42 Å². The summed E-state index contributed by atoms with van der Waals surface area (Å²) in [6.45, 7) is 1.72. The van der Waals surface area contributed by atoms with Gasteiger partial charge in [-0.15, -0.1) is 0 Å². The van der Waals surface area contributed by atoms with Crippen LogP contribution in [0, 0.1) is 0 Å². The summed E-state index contributed by atoms with van der Waals surface area (Å²) < 4.78 is 26.9. The number of unbranched alkanes of at least 4 members (excludes halogenated alkanes) is 2. The van der Waals surface area contributed by atoms with Gasteiger partial charge in [0.05, 0.1) is 34.4 Å². The number of aliphatic hydroxyl groups excluding tert-OH is 1. The molecule has 0 aliphatic carbocycles. The van der Waals surface area contributed by atoms with E-state index in [1.54, 1.807) is 0 Å². The van der Waals surface area contributed by atoms with Crippen LogP contribution in [0.3, 0.4) is 0 Å². The smallest absolute Gasteiger partial charge is 0.457 e. The van der Waals surface area contributed by atoms with E-state index in [-0.39, 0.29) is 13.0 Å². The maximum atomic E-state index is 11.7. The maximum absolute atomic E-state index is 11.7. The van der Waals surface area contributed by atoms with Crippen LogP contribution >= 0.6 is 7.82 Å². The van der Waals surface area contributed by atoms with Gasteiger partial charge in [-0.25, -0.2) is 4.57 Å². The minimum Gasteiger partial charge on any atom is -0.457 e. The van der Waals surface area contributed by atoms with E-state index in [1.807, 2.05) is 28.1 Å². The van der Waals surface area contributed by atoms with E-state index < -0.39 is 33.1 Å². The number of quaternary nitrogens is 1. The third-order valence-corrected chi connectivity index (χ3v) is 3.91. The molecular weight excluding hydrogens is 325 g/mol. The fourth-order valence-electron chi connectivity index (χ4n) is 1.53. The Morgan fingerprint density at radius 2 is 1.87 bits per heavy atom. The van der Waals surface area contributed by atoms with Gasteiger partial charge < -0.3 is 19.2 Å². The molecule has 0 rings (SSSR count). The van der Waals surface area contributed by atoms with Gasteiger partial charge in [0.1, 0.15) is 19.3 Å². The summed E-state index contributed by atoms with van der Waals surface area (Å²) in [6.07, 6.45) is 1.88. The second-order valence-electron chi connectivity index (χ2n) is 6.36. The molecule has 0 fully saturated rings. The number of nitrogens with zero attached hydrogens (tertiary/aromatic N) is 1. The molecule has 2 unspecified atom stereocenters. The van der Waals surface area contributed by atoms with Crippen molar-refractivity contribution in [3.8, 4) is 0 Å². The van der Waals surface area contributed by atoms with Crippen molar-refractivity contribution in [1.29, 1.82) is 0 Å². The van der Waals surface area contributed by atoms with Gasteiger partial charge in [0, 0.05) is 6.42 Å². The number of rotatable bonds is 13. The van der Waals surface area contributed by atoms with Crippen LogP contribution in [0.4, 0.5) is 0 Å². The van der Waals surface area contributed by atoms with Crippen molar-refractivity contribution in [3.05, 3.63) is 0 Å². The Morgan fingerprint density at radius 3 is 2.39 bits per heavy atom. The quantitative estimate of drug-likeness (QED) is 0.222. The van der Waals surface area contributed by atoms with Crippen LogP contribution in [0.25, 0.3) is 0 Å². The zero-order valence-corrected chi connectivity index (χ0v) is 15.5. The monoisotopic (exact) mass is 356 g/mol. The lowest BCUT2D eigenvalue weighted by molar-refractivity contribution is -0.870. The van der Waals surface area contributed by atoms with Crippen molar-refractivity contribution in [2.75, 3.05) is 47.5 Å². The van der Waals surface area contributed by atoms with Crippen molar-refractivity contribution >= 4 is 13.8 Å². The van der Waals surface area contributed by atoms with Gasteiger partial charge in [-0.3, -0.25) is 13.8 Å². The molecule has 0 bridgehead atoms. The first kappa shape index (κ1) is 22.5. The Bertz CT molecular complexity index is 384. The number of phosphoric ester groups is 1. The van der Waals surface area contributed by atoms with E-state index in [0.717, 1.165) is 12.8 Å². The Hall–Kier alpha value is -0.500. The predicted molar refractivity (Wildman–Crippen MR) is 85.7 cm³/mol. The lowest BCUT2D eigenvalue weighted by atomic mass is 10.2. The van der Waals surface area contributed by atoms with Crippen molar-refractivity contribution < 1.29 is 37.6 Å². The molecular formula is C14H31NO7P+. The fourth-order valence-corrected chi connectivity index (χ4v) is 2.27. The molecule has 0 saturated heterocycles. The Balaban J connectivity index is 4.12. The summed E-state index contributed by atoms with van der Waals surface area (Å²) in [4.78, 5) is 21.1. The number of aliphatic hydroxyl groups is 1. The first-order valence-corrected chi connectivity index (χ1v) is 9.32. The molecule has 0 spiro atoms. The molecule has 0 amide bonds. The van der Waals surface area contributed by atoms with Crippen LogP contribution in [0.2, 0.25) is 0 Å². The van der Waals surface area contributed by atoms with Crippen molar-refractivity contribution in [1.82, 2.24) is 0 Å². The number of ether oxygens (including phenoxy) is 1. The normalized spacial score (nSPS) is 15.9. The van der Waals surface area contributed by atoms with Crippen LogP contribution in [0.15, 0.2) is 0 Å². The molecule has 2 N–H and O–H groups in total. The summed E-state index contributed by atoms with van der Waals surface area (Å²) in [5.74, 6) is -0.458. The Morgan fingerprint density at radius 1 is 1.22 bits per heavy atom. The zero-order chi connectivity index (χ0) is 17.9. The highest BCUT2D eigenvalue weighted by atomic mass is 31.2. The molecule has 2 atom stereocenters. The number of hydrogen-bond acceptors (Lipinski definition) is 6. The number of hydrogen-bond donors (Lipinski definition) is 2. The highest BCUT2D eigenvalue weighted by Gasteiger charge is 2.25. The third-order valence-electron chi connectivity index (χ3n) is 2.93. The molecule has 138 valence electrons. The molecule has 0 heterocycles. The number of esters is 1. The maximum Gasteiger partial charge on any atom is 0.472 e. The minimum absolute atomic E-state index is 0.0534. The first-order valence-electron chi connectivity index (χ1n) is 7.82. The second kappa shape index (κ2) is 11.1. The van der Waals surface area contributed by atoms with Crippen molar-refractivity contribution in [3.63, 3.8) is 0 Å². The van der Waals surface area contributed by atoms with Gasteiger partial charge in [-0.2, -0.15) is 0 Å². The van der Waals surface area contributed by atoms with Crippen LogP contribution in [0.1, 0.15) is 32.6 Å². The molecule has 0 aliphatic heterocycles. The molecule has 8 nitrogen and oxygen atoms in total. The molecule has 0 aromatic carbocycles. The Labute approximate surface area is 138 Å². The number of likely N-dealkylation sites (N-methyl/N-ethyl adjacent to an activating group) is 1. The summed E-state index contributed by atoms with van der Waals surface area (Å²) >= 11 is 0. The van der Waals surface area contributed by atoms with Gasteiger partial charge in [0.25, 0.3) is 0 Å². The van der Waals surface area contributed by atoms with Crippen molar-refractivity contribution in [2.45, 2.75) is 38.7 Å². The van der Waals surface area contributed by atoms with E-state index in [2.05, 4.69) is 0 Å². The molecule has 0 radical (unpaired) electrons. The van der Waals surface area contributed by atoms with Crippen LogP contribution in [-0.2, 0) is 23.1 Å². The topological polar surface area (TPSA) is 102 Å². The summed E-state index contributed by atoms with van der Waals surface area (Å²) in [6, 6.07) is 0.